The van der Waals surface area contributed by atoms with Crippen LogP contribution in [0.1, 0.15) is 33.5 Å². The van der Waals surface area contributed by atoms with Crippen molar-refractivity contribution >= 4 is 26.0 Å². The molecule has 1 aromatic heterocycles. The van der Waals surface area contributed by atoms with Crippen molar-refractivity contribution in [2.75, 3.05) is 6.54 Å². The van der Waals surface area contributed by atoms with Crippen LogP contribution < -0.4 is 4.72 Å². The van der Waals surface area contributed by atoms with Crippen LogP contribution in [0, 0.1) is 16.7 Å². The van der Waals surface area contributed by atoms with Crippen molar-refractivity contribution in [2.24, 2.45) is 16.7 Å². The molecule has 7 heteroatoms. The van der Waals surface area contributed by atoms with Crippen LogP contribution >= 0.6 is 15.9 Å². The van der Waals surface area contributed by atoms with E-state index in [9.17, 15) is 8.42 Å². The third-order valence-electron chi connectivity index (χ3n) is 4.95. The summed E-state index contributed by atoms with van der Waals surface area (Å²) in [7, 11) is -3.64. The van der Waals surface area contributed by atoms with Gasteiger partial charge in [0.25, 0.3) is 0 Å². The summed E-state index contributed by atoms with van der Waals surface area (Å²) >= 11 is 3.06. The van der Waals surface area contributed by atoms with E-state index in [1.807, 2.05) is 0 Å². The summed E-state index contributed by atoms with van der Waals surface area (Å²) in [6, 6.07) is 1.33. The SMILES string of the molecule is CC1(C)C(CNS(=O)(=O)c2cc(CO)oc2Br)C1(C)C. The first kappa shape index (κ1) is 16.0. The Bertz CT molecular complexity index is 604. The molecule has 0 bridgehead atoms. The van der Waals surface area contributed by atoms with Gasteiger partial charge in [0, 0.05) is 12.6 Å². The molecule has 0 aliphatic heterocycles. The molecule has 0 atom stereocenters. The molecule has 20 heavy (non-hydrogen) atoms. The maximum Gasteiger partial charge on any atom is 0.244 e. The first-order valence-electron chi connectivity index (χ1n) is 6.43. The predicted octanol–water partition coefficient (Wildman–Crippen LogP) is 2.49. The summed E-state index contributed by atoms with van der Waals surface area (Å²) in [4.78, 5) is 0.0258. The van der Waals surface area contributed by atoms with Gasteiger partial charge in [-0.05, 0) is 32.7 Å². The fourth-order valence-electron chi connectivity index (χ4n) is 2.77. The van der Waals surface area contributed by atoms with Crippen molar-refractivity contribution in [3.63, 3.8) is 0 Å². The summed E-state index contributed by atoms with van der Waals surface area (Å²) in [6.45, 7) is 8.63. The summed E-state index contributed by atoms with van der Waals surface area (Å²) in [5.41, 5.74) is 0.249. The lowest BCUT2D eigenvalue weighted by molar-refractivity contribution is 0.245. The van der Waals surface area contributed by atoms with Gasteiger partial charge in [0.2, 0.25) is 10.0 Å². The van der Waals surface area contributed by atoms with E-state index < -0.39 is 10.0 Å². The van der Waals surface area contributed by atoms with E-state index in [0.29, 0.717) is 12.5 Å². The van der Waals surface area contributed by atoms with Crippen LogP contribution in [0.2, 0.25) is 0 Å². The van der Waals surface area contributed by atoms with E-state index in [1.165, 1.54) is 6.07 Å². The molecule has 1 fully saturated rings. The average Bonchev–Trinajstić information content (AvgIpc) is 2.64. The van der Waals surface area contributed by atoms with Crippen LogP contribution in [-0.2, 0) is 16.6 Å². The van der Waals surface area contributed by atoms with Gasteiger partial charge in [0.15, 0.2) is 4.67 Å². The lowest BCUT2D eigenvalue weighted by Gasteiger charge is -2.06. The fourth-order valence-corrected chi connectivity index (χ4v) is 4.82. The molecule has 2 N–H and O–H groups in total. The number of hydrogen-bond acceptors (Lipinski definition) is 4. The molecule has 5 nitrogen and oxygen atoms in total. The van der Waals surface area contributed by atoms with Gasteiger partial charge in [-0.25, -0.2) is 13.1 Å². The topological polar surface area (TPSA) is 79.5 Å². The lowest BCUT2D eigenvalue weighted by Crippen LogP contribution is -2.27. The first-order valence-corrected chi connectivity index (χ1v) is 8.70. The minimum Gasteiger partial charge on any atom is -0.450 e. The minimum absolute atomic E-state index is 0.0258. The molecular formula is C13H20BrNO4S. The maximum absolute atomic E-state index is 12.3. The maximum atomic E-state index is 12.3. The second-order valence-corrected chi connectivity index (χ2v) is 8.81. The van der Waals surface area contributed by atoms with E-state index in [0.717, 1.165) is 0 Å². The van der Waals surface area contributed by atoms with Crippen molar-refractivity contribution in [3.8, 4) is 0 Å². The van der Waals surface area contributed by atoms with Gasteiger partial charge in [0.05, 0.1) is 0 Å². The summed E-state index contributed by atoms with van der Waals surface area (Å²) < 4.78 is 32.4. The molecule has 0 unspecified atom stereocenters. The van der Waals surface area contributed by atoms with Gasteiger partial charge >= 0.3 is 0 Å². The zero-order chi connectivity index (χ0) is 15.3. The number of halogens is 1. The number of rotatable bonds is 5. The second kappa shape index (κ2) is 4.83. The number of furan rings is 1. The highest BCUT2D eigenvalue weighted by atomic mass is 79.9. The van der Waals surface area contributed by atoms with Crippen molar-refractivity contribution in [3.05, 3.63) is 16.5 Å². The standard InChI is InChI=1S/C13H20BrNO4S/c1-12(2)10(13(12,3)4)6-15-20(17,18)9-5-8(7-16)19-11(9)14/h5,10,15-16H,6-7H2,1-4H3. The smallest absolute Gasteiger partial charge is 0.244 e. The summed E-state index contributed by atoms with van der Waals surface area (Å²) in [5.74, 6) is 0.511. The number of aliphatic hydroxyl groups is 1. The third-order valence-corrected chi connectivity index (χ3v) is 7.23. The zero-order valence-electron chi connectivity index (χ0n) is 12.0. The molecule has 0 spiro atoms. The molecule has 0 radical (unpaired) electrons. The Morgan fingerprint density at radius 2 is 1.90 bits per heavy atom. The Balaban J connectivity index is 2.11. The van der Waals surface area contributed by atoms with E-state index in [1.54, 1.807) is 0 Å². The second-order valence-electron chi connectivity index (χ2n) is 6.36. The molecule has 0 amide bonds. The average molecular weight is 366 g/mol. The Kier molecular flexibility index (Phi) is 3.86. The fraction of sp³-hybridized carbons (Fsp3) is 0.692. The minimum atomic E-state index is -3.64. The molecule has 1 heterocycles. The highest BCUT2D eigenvalue weighted by Gasteiger charge is 2.64. The predicted molar refractivity (Wildman–Crippen MR) is 78.6 cm³/mol. The van der Waals surface area contributed by atoms with Crippen molar-refractivity contribution in [2.45, 2.75) is 39.2 Å². The molecule has 114 valence electrons. The van der Waals surface area contributed by atoms with Gasteiger partial charge in [-0.1, -0.05) is 27.7 Å². The van der Waals surface area contributed by atoms with E-state index in [2.05, 4.69) is 48.3 Å². The number of sulfonamides is 1. The molecule has 1 aliphatic carbocycles. The monoisotopic (exact) mass is 365 g/mol. The normalized spacial score (nSPS) is 21.1. The zero-order valence-corrected chi connectivity index (χ0v) is 14.4. The largest absolute Gasteiger partial charge is 0.450 e. The molecule has 1 aliphatic rings. The van der Waals surface area contributed by atoms with Gasteiger partial charge in [0.1, 0.15) is 17.3 Å². The Labute approximate surface area is 127 Å². The quantitative estimate of drug-likeness (QED) is 0.839. The Morgan fingerprint density at radius 1 is 1.35 bits per heavy atom. The van der Waals surface area contributed by atoms with Gasteiger partial charge < -0.3 is 9.52 Å². The summed E-state index contributed by atoms with van der Waals surface area (Å²) in [5, 5.41) is 8.98. The molecule has 0 aromatic carbocycles. The Morgan fingerprint density at radius 3 is 2.30 bits per heavy atom. The molecule has 1 saturated carbocycles. The molecule has 2 rings (SSSR count). The van der Waals surface area contributed by atoms with Crippen LogP contribution in [0.25, 0.3) is 0 Å². The van der Waals surface area contributed by atoms with Crippen LogP contribution in [-0.4, -0.2) is 20.1 Å². The van der Waals surface area contributed by atoms with E-state index in [4.69, 9.17) is 9.52 Å². The summed E-state index contributed by atoms with van der Waals surface area (Å²) in [6.07, 6.45) is 0. The van der Waals surface area contributed by atoms with Gasteiger partial charge in [-0.2, -0.15) is 0 Å². The lowest BCUT2D eigenvalue weighted by atomic mass is 10.0. The molecular weight excluding hydrogens is 346 g/mol. The number of aliphatic hydroxyl groups excluding tert-OH is 1. The van der Waals surface area contributed by atoms with Crippen molar-refractivity contribution < 1.29 is 17.9 Å². The molecule has 1 aromatic rings. The van der Waals surface area contributed by atoms with Crippen LogP contribution in [0.3, 0.4) is 0 Å². The third kappa shape index (κ3) is 2.45. The van der Waals surface area contributed by atoms with Gasteiger partial charge in [-0.3, -0.25) is 0 Å². The van der Waals surface area contributed by atoms with E-state index >= 15 is 0 Å². The number of nitrogens with one attached hydrogen (secondary N) is 1. The van der Waals surface area contributed by atoms with Crippen molar-refractivity contribution in [1.29, 1.82) is 0 Å². The van der Waals surface area contributed by atoms with E-state index in [-0.39, 0.29) is 32.8 Å². The highest BCUT2D eigenvalue weighted by molar-refractivity contribution is 9.10. The van der Waals surface area contributed by atoms with Gasteiger partial charge in [-0.15, -0.1) is 0 Å². The van der Waals surface area contributed by atoms with Crippen molar-refractivity contribution in [1.82, 2.24) is 4.72 Å². The Hall–Kier alpha value is -0.370. The van der Waals surface area contributed by atoms with Crippen LogP contribution in [0.4, 0.5) is 0 Å². The van der Waals surface area contributed by atoms with Crippen LogP contribution in [0.5, 0.6) is 0 Å². The van der Waals surface area contributed by atoms with Crippen LogP contribution in [0.15, 0.2) is 20.0 Å². The molecule has 0 saturated heterocycles. The first-order chi connectivity index (χ1) is 9.04. The number of hydrogen-bond donors (Lipinski definition) is 2. The highest BCUT2D eigenvalue weighted by Crippen LogP contribution is 2.68.